The number of carbonyl (C=O) groups excluding carboxylic acids is 1. The molecule has 2 saturated heterocycles. The van der Waals surface area contributed by atoms with Crippen molar-refractivity contribution in [2.45, 2.75) is 47.1 Å². The number of anilines is 1. The van der Waals surface area contributed by atoms with E-state index in [1.165, 1.54) is 11.8 Å². The van der Waals surface area contributed by atoms with Gasteiger partial charge in [-0.25, -0.2) is 0 Å². The molecule has 0 saturated carbocycles. The Balaban J connectivity index is 1.76. The fourth-order valence-electron chi connectivity index (χ4n) is 5.32. The maximum atomic E-state index is 13.4. The van der Waals surface area contributed by atoms with Crippen LogP contribution in [-0.2, 0) is 17.8 Å². The number of nitriles is 1. The van der Waals surface area contributed by atoms with Crippen molar-refractivity contribution in [1.82, 2.24) is 9.47 Å². The first-order valence-electron chi connectivity index (χ1n) is 12.5. The summed E-state index contributed by atoms with van der Waals surface area (Å²) in [4.78, 5) is 31.1. The van der Waals surface area contributed by atoms with Gasteiger partial charge in [0.15, 0.2) is 0 Å². The monoisotopic (exact) mass is 520 g/mol. The summed E-state index contributed by atoms with van der Waals surface area (Å²) in [7, 11) is 0. The van der Waals surface area contributed by atoms with Crippen LogP contribution in [0, 0.1) is 30.1 Å². The van der Waals surface area contributed by atoms with Gasteiger partial charge in [0.05, 0.1) is 4.91 Å². The highest BCUT2D eigenvalue weighted by atomic mass is 32.2. The third-order valence-corrected chi connectivity index (χ3v) is 8.32. The average Bonchev–Trinajstić information content (AvgIpc) is 3.11. The smallest absolute Gasteiger partial charge is 0.270 e. The van der Waals surface area contributed by atoms with Crippen molar-refractivity contribution in [2.24, 2.45) is 11.8 Å². The molecular weight excluding hydrogens is 488 g/mol. The van der Waals surface area contributed by atoms with Gasteiger partial charge in [0.1, 0.15) is 21.8 Å². The Bertz CT molecular complexity index is 1300. The third kappa shape index (κ3) is 5.14. The highest BCUT2D eigenvalue weighted by Crippen LogP contribution is 2.37. The zero-order valence-electron chi connectivity index (χ0n) is 21.3. The highest BCUT2D eigenvalue weighted by molar-refractivity contribution is 8.26. The molecule has 2 unspecified atom stereocenters. The predicted molar refractivity (Wildman–Crippen MR) is 151 cm³/mol. The highest BCUT2D eigenvalue weighted by Gasteiger charge is 2.34. The van der Waals surface area contributed by atoms with Crippen LogP contribution in [0.2, 0.25) is 0 Å². The molecule has 0 aliphatic carbocycles. The van der Waals surface area contributed by atoms with E-state index in [2.05, 4.69) is 24.8 Å². The van der Waals surface area contributed by atoms with Gasteiger partial charge < -0.3 is 4.90 Å². The lowest BCUT2D eigenvalue weighted by molar-refractivity contribution is -0.122. The van der Waals surface area contributed by atoms with Gasteiger partial charge in [-0.3, -0.25) is 19.1 Å². The number of thioether (sulfide) groups is 1. The second-order valence-electron chi connectivity index (χ2n) is 9.82. The first-order chi connectivity index (χ1) is 17.2. The van der Waals surface area contributed by atoms with Crippen LogP contribution in [0.4, 0.5) is 5.82 Å². The number of rotatable bonds is 6. The first-order valence-corrected chi connectivity index (χ1v) is 13.7. The van der Waals surface area contributed by atoms with Gasteiger partial charge in [-0.05, 0) is 55.7 Å². The van der Waals surface area contributed by atoms with E-state index >= 15 is 0 Å². The van der Waals surface area contributed by atoms with Crippen molar-refractivity contribution in [3.8, 4) is 6.07 Å². The van der Waals surface area contributed by atoms with Crippen molar-refractivity contribution in [2.75, 3.05) is 24.5 Å². The van der Waals surface area contributed by atoms with Gasteiger partial charge in [0, 0.05) is 31.7 Å². The van der Waals surface area contributed by atoms with E-state index in [1.54, 1.807) is 9.47 Å². The van der Waals surface area contributed by atoms with Crippen molar-refractivity contribution in [1.29, 1.82) is 5.26 Å². The number of aromatic nitrogens is 1. The summed E-state index contributed by atoms with van der Waals surface area (Å²) in [6.45, 7) is 10.8. The summed E-state index contributed by atoms with van der Waals surface area (Å²) in [6, 6.07) is 12.1. The van der Waals surface area contributed by atoms with Crippen molar-refractivity contribution >= 4 is 46.1 Å². The van der Waals surface area contributed by atoms with E-state index in [4.69, 9.17) is 12.2 Å². The molecule has 6 nitrogen and oxygen atoms in total. The molecule has 36 heavy (non-hydrogen) atoms. The number of amides is 1. The Hall–Kier alpha value is -2.89. The van der Waals surface area contributed by atoms with Gasteiger partial charge in [-0.2, -0.15) is 5.26 Å². The topological polar surface area (TPSA) is 69.3 Å². The molecular formula is C28H32N4O2S2. The van der Waals surface area contributed by atoms with Gasteiger partial charge >= 0.3 is 0 Å². The molecule has 8 heteroatoms. The number of thiocarbonyl (C=S) groups is 1. The quantitative estimate of drug-likeness (QED) is 0.396. The molecule has 4 rings (SSSR count). The summed E-state index contributed by atoms with van der Waals surface area (Å²) in [5.41, 5.74) is 2.38. The Labute approximate surface area is 222 Å². The van der Waals surface area contributed by atoms with E-state index in [1.807, 2.05) is 50.3 Å². The summed E-state index contributed by atoms with van der Waals surface area (Å²) in [6.07, 6.45) is 3.70. The lowest BCUT2D eigenvalue weighted by Crippen LogP contribution is -2.42. The normalized spacial score (nSPS) is 21.4. The van der Waals surface area contributed by atoms with Crippen LogP contribution in [-0.4, -0.2) is 39.3 Å². The van der Waals surface area contributed by atoms with Crippen LogP contribution in [0.15, 0.2) is 40.0 Å². The third-order valence-electron chi connectivity index (χ3n) is 6.95. The molecule has 1 aromatic carbocycles. The average molecular weight is 521 g/mol. The number of hydrogen-bond acceptors (Lipinski definition) is 6. The van der Waals surface area contributed by atoms with Crippen LogP contribution in [0.5, 0.6) is 0 Å². The first kappa shape index (κ1) is 26.2. The molecule has 0 N–H and O–H groups in total. The number of hydrogen-bond donors (Lipinski definition) is 0. The second-order valence-corrected chi connectivity index (χ2v) is 11.5. The number of nitrogens with zero attached hydrogens (tertiary/aromatic N) is 4. The Morgan fingerprint density at radius 2 is 1.83 bits per heavy atom. The van der Waals surface area contributed by atoms with Crippen LogP contribution in [0.25, 0.3) is 6.08 Å². The largest absolute Gasteiger partial charge is 0.357 e. The van der Waals surface area contributed by atoms with E-state index in [-0.39, 0.29) is 17.0 Å². The maximum Gasteiger partial charge on any atom is 0.270 e. The number of benzene rings is 1. The van der Waals surface area contributed by atoms with Gasteiger partial charge in [-0.15, -0.1) is 0 Å². The number of pyridine rings is 1. The van der Waals surface area contributed by atoms with E-state index in [9.17, 15) is 14.9 Å². The Morgan fingerprint density at radius 3 is 2.44 bits per heavy atom. The van der Waals surface area contributed by atoms with Gasteiger partial charge in [0.2, 0.25) is 0 Å². The molecule has 2 fully saturated rings. The molecule has 2 aromatic rings. The minimum atomic E-state index is -0.272. The maximum absolute atomic E-state index is 13.4. The molecule has 1 amide bonds. The van der Waals surface area contributed by atoms with Gasteiger partial charge in [-0.1, -0.05) is 68.2 Å². The Kier molecular flexibility index (Phi) is 8.01. The summed E-state index contributed by atoms with van der Waals surface area (Å²) >= 11 is 6.86. The zero-order valence-corrected chi connectivity index (χ0v) is 22.9. The summed E-state index contributed by atoms with van der Waals surface area (Å²) in [5, 5.41) is 9.81. The zero-order chi connectivity index (χ0) is 26.0. The van der Waals surface area contributed by atoms with Crippen LogP contribution >= 0.6 is 24.0 Å². The molecule has 0 bridgehead atoms. The minimum Gasteiger partial charge on any atom is -0.357 e. The van der Waals surface area contributed by atoms with E-state index in [0.717, 1.165) is 36.5 Å². The molecule has 1 aromatic heterocycles. The Morgan fingerprint density at radius 1 is 1.17 bits per heavy atom. The molecule has 2 atom stereocenters. The van der Waals surface area contributed by atoms with Crippen molar-refractivity contribution < 1.29 is 4.79 Å². The lowest BCUT2D eigenvalue weighted by atomic mass is 9.91. The lowest BCUT2D eigenvalue weighted by Gasteiger charge is -2.38. The van der Waals surface area contributed by atoms with Crippen LogP contribution < -0.4 is 10.5 Å². The SMILES string of the molecule is CCn1c(N2CC(C)CC(C)C2)c(C=C2SC(=S)N(CCc3ccccc3)C2=O)c(C)c(C#N)c1=O. The fourth-order valence-corrected chi connectivity index (χ4v) is 6.61. The van der Waals surface area contributed by atoms with E-state index in [0.29, 0.717) is 46.1 Å². The van der Waals surface area contributed by atoms with Crippen LogP contribution in [0.3, 0.4) is 0 Å². The standard InChI is InChI=1S/C28H32N4O2S2/c1-5-31-25(30-16-18(2)13-19(3)17-30)22(20(4)23(15-29)26(31)33)14-24-27(34)32(28(35)36-24)12-11-21-9-7-6-8-10-21/h6-10,14,18-19H,5,11-13,16-17H2,1-4H3. The van der Waals surface area contributed by atoms with Crippen molar-refractivity contribution in [3.05, 3.63) is 67.8 Å². The number of piperidine rings is 1. The molecule has 0 radical (unpaired) electrons. The summed E-state index contributed by atoms with van der Waals surface area (Å²) < 4.78 is 2.23. The second kappa shape index (κ2) is 11.0. The van der Waals surface area contributed by atoms with E-state index < -0.39 is 0 Å². The predicted octanol–water partition coefficient (Wildman–Crippen LogP) is 4.97. The molecule has 0 spiro atoms. The molecule has 3 heterocycles. The van der Waals surface area contributed by atoms with Gasteiger partial charge in [0.25, 0.3) is 11.5 Å². The summed E-state index contributed by atoms with van der Waals surface area (Å²) in [5.74, 6) is 1.63. The van der Waals surface area contributed by atoms with Crippen LogP contribution in [0.1, 0.15) is 49.4 Å². The molecule has 2 aliphatic heterocycles. The number of carbonyl (C=O) groups is 1. The fraction of sp³-hybridized carbons (Fsp3) is 0.429. The minimum absolute atomic E-state index is 0.126. The molecule has 188 valence electrons. The molecule has 2 aliphatic rings. The van der Waals surface area contributed by atoms with Crippen molar-refractivity contribution in [3.63, 3.8) is 0 Å².